The van der Waals surface area contributed by atoms with Gasteiger partial charge in [0.2, 0.25) is 5.91 Å². The zero-order valence-electron chi connectivity index (χ0n) is 9.04. The third kappa shape index (κ3) is 4.78. The molecule has 0 aromatic heterocycles. The minimum Gasteiger partial charge on any atom is -0.469 e. The molecule has 0 radical (unpaired) electrons. The van der Waals surface area contributed by atoms with E-state index in [0.29, 0.717) is 0 Å². The summed E-state index contributed by atoms with van der Waals surface area (Å²) in [4.78, 5) is 22.2. The number of rotatable bonds is 3. The predicted molar refractivity (Wildman–Crippen MR) is 55.3 cm³/mol. The largest absolute Gasteiger partial charge is 0.469 e. The van der Waals surface area contributed by atoms with E-state index in [-0.39, 0.29) is 18.4 Å². The van der Waals surface area contributed by atoms with Gasteiger partial charge in [0.25, 0.3) is 0 Å². The summed E-state index contributed by atoms with van der Waals surface area (Å²) in [6.07, 6.45) is 3.03. The smallest absolute Gasteiger partial charge is 0.315 e. The predicted octanol–water partition coefficient (Wildman–Crippen LogP) is -0.192. The first-order chi connectivity index (χ1) is 7.22. The lowest BCUT2D eigenvalue weighted by Gasteiger charge is -2.15. The molecule has 0 bridgehead atoms. The van der Waals surface area contributed by atoms with Crippen LogP contribution in [-0.2, 0) is 14.3 Å². The summed E-state index contributed by atoms with van der Waals surface area (Å²) in [5.74, 6) is -0.746. The molecular formula is C10H18N2O3. The topological polar surface area (TPSA) is 67.4 Å². The van der Waals surface area contributed by atoms with Crippen molar-refractivity contribution in [1.29, 1.82) is 0 Å². The molecule has 1 unspecified atom stereocenters. The van der Waals surface area contributed by atoms with Crippen molar-refractivity contribution < 1.29 is 14.3 Å². The molecule has 1 rings (SSSR count). The molecule has 1 saturated heterocycles. The van der Waals surface area contributed by atoms with Crippen molar-refractivity contribution in [3.8, 4) is 0 Å². The number of carbonyl (C=O) groups is 2. The molecule has 1 heterocycles. The maximum Gasteiger partial charge on any atom is 0.315 e. The van der Waals surface area contributed by atoms with Crippen molar-refractivity contribution >= 4 is 11.9 Å². The number of hydrogen-bond acceptors (Lipinski definition) is 4. The number of methoxy groups -OCH3 is 1. The van der Waals surface area contributed by atoms with Gasteiger partial charge in [-0.2, -0.15) is 0 Å². The maximum atomic E-state index is 11.4. The van der Waals surface area contributed by atoms with Crippen LogP contribution in [0, 0.1) is 0 Å². The standard InChI is InChI=1S/C10H18N2O3/c1-15-10(14)6-9(13)12-8-4-2-3-5-11-7-8/h8,11H,2-7H2,1H3,(H,12,13). The van der Waals surface area contributed by atoms with Crippen LogP contribution in [0.4, 0.5) is 0 Å². The number of esters is 1. The van der Waals surface area contributed by atoms with Gasteiger partial charge in [-0.3, -0.25) is 9.59 Å². The first-order valence-corrected chi connectivity index (χ1v) is 5.29. The van der Waals surface area contributed by atoms with E-state index in [9.17, 15) is 9.59 Å². The van der Waals surface area contributed by atoms with Crippen molar-refractivity contribution in [3.05, 3.63) is 0 Å². The molecule has 1 amide bonds. The Kier molecular flexibility index (Phi) is 5.10. The van der Waals surface area contributed by atoms with Gasteiger partial charge in [0.1, 0.15) is 6.42 Å². The Hall–Kier alpha value is -1.10. The highest BCUT2D eigenvalue weighted by Crippen LogP contribution is 2.04. The molecule has 5 nitrogen and oxygen atoms in total. The van der Waals surface area contributed by atoms with Crippen molar-refractivity contribution in [2.24, 2.45) is 0 Å². The summed E-state index contributed by atoms with van der Waals surface area (Å²) in [7, 11) is 1.28. The van der Waals surface area contributed by atoms with E-state index in [0.717, 1.165) is 32.4 Å². The molecule has 1 aliphatic rings. The molecule has 0 aromatic carbocycles. The van der Waals surface area contributed by atoms with E-state index in [2.05, 4.69) is 15.4 Å². The van der Waals surface area contributed by atoms with Crippen LogP contribution >= 0.6 is 0 Å². The Balaban J connectivity index is 2.26. The fourth-order valence-corrected chi connectivity index (χ4v) is 1.62. The van der Waals surface area contributed by atoms with Gasteiger partial charge < -0.3 is 15.4 Å². The highest BCUT2D eigenvalue weighted by atomic mass is 16.5. The van der Waals surface area contributed by atoms with Crippen LogP contribution in [-0.4, -0.2) is 38.1 Å². The van der Waals surface area contributed by atoms with Crippen molar-refractivity contribution in [2.75, 3.05) is 20.2 Å². The van der Waals surface area contributed by atoms with Gasteiger partial charge in [0, 0.05) is 12.6 Å². The first kappa shape index (κ1) is 12.0. The Morgan fingerprint density at radius 2 is 2.27 bits per heavy atom. The third-order valence-corrected chi connectivity index (χ3v) is 2.44. The van der Waals surface area contributed by atoms with E-state index in [1.807, 2.05) is 0 Å². The molecule has 0 aromatic rings. The van der Waals surface area contributed by atoms with Gasteiger partial charge in [-0.05, 0) is 19.4 Å². The second-order valence-corrected chi connectivity index (χ2v) is 3.72. The lowest BCUT2D eigenvalue weighted by atomic mass is 10.1. The second-order valence-electron chi connectivity index (χ2n) is 3.72. The zero-order chi connectivity index (χ0) is 11.1. The lowest BCUT2D eigenvalue weighted by molar-refractivity contribution is -0.143. The van der Waals surface area contributed by atoms with Gasteiger partial charge >= 0.3 is 5.97 Å². The van der Waals surface area contributed by atoms with Gasteiger partial charge in [-0.1, -0.05) is 6.42 Å². The Labute approximate surface area is 89.6 Å². The number of ether oxygens (including phenoxy) is 1. The third-order valence-electron chi connectivity index (χ3n) is 2.44. The van der Waals surface area contributed by atoms with Gasteiger partial charge in [0.05, 0.1) is 7.11 Å². The van der Waals surface area contributed by atoms with Crippen LogP contribution < -0.4 is 10.6 Å². The fraction of sp³-hybridized carbons (Fsp3) is 0.800. The van der Waals surface area contributed by atoms with Gasteiger partial charge in [0.15, 0.2) is 0 Å². The SMILES string of the molecule is COC(=O)CC(=O)NC1CCCCNC1. The second kappa shape index (κ2) is 6.40. The van der Waals surface area contributed by atoms with Crippen LogP contribution in [0.1, 0.15) is 25.7 Å². The Morgan fingerprint density at radius 3 is 3.00 bits per heavy atom. The van der Waals surface area contributed by atoms with E-state index >= 15 is 0 Å². The van der Waals surface area contributed by atoms with Gasteiger partial charge in [-0.15, -0.1) is 0 Å². The number of nitrogens with one attached hydrogen (secondary N) is 2. The molecular weight excluding hydrogens is 196 g/mol. The average Bonchev–Trinajstić information content (AvgIpc) is 2.46. The maximum absolute atomic E-state index is 11.4. The highest BCUT2D eigenvalue weighted by molar-refractivity contribution is 5.94. The minimum absolute atomic E-state index is 0.143. The van der Waals surface area contributed by atoms with E-state index < -0.39 is 5.97 Å². The molecule has 5 heteroatoms. The monoisotopic (exact) mass is 214 g/mol. The fourth-order valence-electron chi connectivity index (χ4n) is 1.62. The molecule has 15 heavy (non-hydrogen) atoms. The highest BCUT2D eigenvalue weighted by Gasteiger charge is 2.16. The first-order valence-electron chi connectivity index (χ1n) is 5.29. The van der Waals surface area contributed by atoms with Crippen LogP contribution in [0.25, 0.3) is 0 Å². The normalized spacial score (nSPS) is 21.5. The van der Waals surface area contributed by atoms with Crippen molar-refractivity contribution in [1.82, 2.24) is 10.6 Å². The molecule has 1 fully saturated rings. The van der Waals surface area contributed by atoms with Crippen LogP contribution in [0.15, 0.2) is 0 Å². The Bertz CT molecular complexity index is 223. The summed E-state index contributed by atoms with van der Waals surface area (Å²) in [6.45, 7) is 1.79. The quantitative estimate of drug-likeness (QED) is 0.504. The van der Waals surface area contributed by atoms with Gasteiger partial charge in [-0.25, -0.2) is 0 Å². The van der Waals surface area contributed by atoms with Crippen LogP contribution in [0.5, 0.6) is 0 Å². The van der Waals surface area contributed by atoms with E-state index in [1.165, 1.54) is 7.11 Å². The molecule has 0 saturated carbocycles. The summed E-state index contributed by atoms with van der Waals surface area (Å²) in [6, 6.07) is 0.143. The molecule has 0 aliphatic carbocycles. The summed E-state index contributed by atoms with van der Waals surface area (Å²) in [5, 5.41) is 6.06. The minimum atomic E-state index is -0.492. The lowest BCUT2D eigenvalue weighted by Crippen LogP contribution is -2.41. The van der Waals surface area contributed by atoms with Crippen molar-refractivity contribution in [2.45, 2.75) is 31.7 Å². The van der Waals surface area contributed by atoms with E-state index in [1.54, 1.807) is 0 Å². The van der Waals surface area contributed by atoms with Crippen LogP contribution in [0.2, 0.25) is 0 Å². The van der Waals surface area contributed by atoms with E-state index in [4.69, 9.17) is 0 Å². The summed E-state index contributed by atoms with van der Waals surface area (Å²) >= 11 is 0. The molecule has 1 aliphatic heterocycles. The van der Waals surface area contributed by atoms with Crippen LogP contribution in [0.3, 0.4) is 0 Å². The molecule has 0 spiro atoms. The number of amides is 1. The molecule has 1 atom stereocenters. The zero-order valence-corrected chi connectivity index (χ0v) is 9.04. The Morgan fingerprint density at radius 1 is 1.47 bits per heavy atom. The number of carbonyl (C=O) groups excluding carboxylic acids is 2. The molecule has 2 N–H and O–H groups in total. The van der Waals surface area contributed by atoms with Crippen molar-refractivity contribution in [3.63, 3.8) is 0 Å². The summed E-state index contributed by atoms with van der Waals surface area (Å²) < 4.78 is 4.42. The summed E-state index contributed by atoms with van der Waals surface area (Å²) in [5.41, 5.74) is 0. The molecule has 86 valence electrons. The average molecular weight is 214 g/mol. The number of hydrogen-bond donors (Lipinski definition) is 2.